The molecule has 0 bridgehead atoms. The van der Waals surface area contributed by atoms with Crippen LogP contribution in [0.5, 0.6) is 5.75 Å². The number of benzene rings is 2. The quantitative estimate of drug-likeness (QED) is 0.288. The highest BCUT2D eigenvalue weighted by Crippen LogP contribution is 2.18. The standard InChI is InChI=1S/C19H18N2O4S/c1-21-17(22)15-8-3-4-9-16(15)20-19(21)26-11-10-25-14-7-5-6-13(12-14)18(23)24-2/h3-9,12H,10-11H2,1-2H3. The van der Waals surface area contributed by atoms with Gasteiger partial charge >= 0.3 is 5.97 Å². The molecule has 7 heteroatoms. The Morgan fingerprint density at radius 3 is 2.81 bits per heavy atom. The van der Waals surface area contributed by atoms with Crippen LogP contribution in [-0.2, 0) is 11.8 Å². The molecule has 0 spiro atoms. The molecule has 0 N–H and O–H groups in total. The molecule has 0 radical (unpaired) electrons. The van der Waals surface area contributed by atoms with E-state index in [-0.39, 0.29) is 5.56 Å². The molecule has 0 unspecified atom stereocenters. The van der Waals surface area contributed by atoms with Crippen LogP contribution in [0, 0.1) is 0 Å². The molecule has 0 amide bonds. The Morgan fingerprint density at radius 1 is 1.19 bits per heavy atom. The van der Waals surface area contributed by atoms with Gasteiger partial charge in [-0.2, -0.15) is 0 Å². The number of methoxy groups -OCH3 is 1. The van der Waals surface area contributed by atoms with Crippen molar-refractivity contribution in [2.75, 3.05) is 19.5 Å². The van der Waals surface area contributed by atoms with Gasteiger partial charge in [-0.3, -0.25) is 9.36 Å². The lowest BCUT2D eigenvalue weighted by Crippen LogP contribution is -2.20. The highest BCUT2D eigenvalue weighted by Gasteiger charge is 2.09. The van der Waals surface area contributed by atoms with Crippen molar-refractivity contribution in [1.82, 2.24) is 9.55 Å². The summed E-state index contributed by atoms with van der Waals surface area (Å²) in [6, 6.07) is 14.1. The summed E-state index contributed by atoms with van der Waals surface area (Å²) >= 11 is 1.45. The van der Waals surface area contributed by atoms with Crippen LogP contribution in [-0.4, -0.2) is 35.0 Å². The molecule has 0 fully saturated rings. The van der Waals surface area contributed by atoms with E-state index in [0.717, 1.165) is 0 Å². The summed E-state index contributed by atoms with van der Waals surface area (Å²) in [6.07, 6.45) is 0. The number of ether oxygens (including phenoxy) is 2. The largest absolute Gasteiger partial charge is 0.493 e. The fraction of sp³-hybridized carbons (Fsp3) is 0.211. The number of nitrogens with zero attached hydrogens (tertiary/aromatic N) is 2. The zero-order chi connectivity index (χ0) is 18.5. The Balaban J connectivity index is 1.64. The van der Waals surface area contributed by atoms with Crippen molar-refractivity contribution >= 4 is 28.6 Å². The predicted molar refractivity (Wildman–Crippen MR) is 101 cm³/mol. The Kier molecular flexibility index (Phi) is 5.58. The molecule has 26 heavy (non-hydrogen) atoms. The number of fused-ring (bicyclic) bond motifs is 1. The lowest BCUT2D eigenvalue weighted by atomic mass is 10.2. The molecule has 0 aliphatic heterocycles. The van der Waals surface area contributed by atoms with Crippen LogP contribution in [0.4, 0.5) is 0 Å². The molecule has 3 aromatic rings. The zero-order valence-electron chi connectivity index (χ0n) is 14.5. The number of rotatable bonds is 6. The molecule has 0 saturated carbocycles. The van der Waals surface area contributed by atoms with Crippen molar-refractivity contribution in [3.05, 3.63) is 64.4 Å². The van der Waals surface area contributed by atoms with Crippen LogP contribution in [0.1, 0.15) is 10.4 Å². The van der Waals surface area contributed by atoms with Gasteiger partial charge in [0.25, 0.3) is 5.56 Å². The first-order valence-electron chi connectivity index (χ1n) is 8.00. The van der Waals surface area contributed by atoms with Crippen molar-refractivity contribution in [2.24, 2.45) is 7.05 Å². The van der Waals surface area contributed by atoms with E-state index >= 15 is 0 Å². The third kappa shape index (κ3) is 3.88. The minimum absolute atomic E-state index is 0.0650. The smallest absolute Gasteiger partial charge is 0.337 e. The molecule has 134 valence electrons. The van der Waals surface area contributed by atoms with Crippen LogP contribution in [0.15, 0.2) is 58.5 Å². The van der Waals surface area contributed by atoms with Crippen LogP contribution in [0.25, 0.3) is 10.9 Å². The van der Waals surface area contributed by atoms with Gasteiger partial charge in [0, 0.05) is 12.8 Å². The van der Waals surface area contributed by atoms with E-state index in [1.54, 1.807) is 41.9 Å². The summed E-state index contributed by atoms with van der Waals surface area (Å²) in [5.41, 5.74) is 1.06. The van der Waals surface area contributed by atoms with Crippen LogP contribution in [0.3, 0.4) is 0 Å². The number of carbonyl (C=O) groups excluding carboxylic acids is 1. The Morgan fingerprint density at radius 2 is 2.00 bits per heavy atom. The highest BCUT2D eigenvalue weighted by molar-refractivity contribution is 7.99. The molecule has 0 saturated heterocycles. The summed E-state index contributed by atoms with van der Waals surface area (Å²) in [6.45, 7) is 0.415. The molecular weight excluding hydrogens is 352 g/mol. The first-order valence-corrected chi connectivity index (χ1v) is 8.98. The second-order valence-corrected chi connectivity index (χ2v) is 6.55. The van der Waals surface area contributed by atoms with Gasteiger partial charge in [0.2, 0.25) is 0 Å². The molecule has 2 aromatic carbocycles. The average molecular weight is 370 g/mol. The number of para-hydroxylation sites is 1. The fourth-order valence-electron chi connectivity index (χ4n) is 2.45. The molecule has 6 nitrogen and oxygen atoms in total. The lowest BCUT2D eigenvalue weighted by molar-refractivity contribution is 0.0600. The van der Waals surface area contributed by atoms with Crippen molar-refractivity contribution in [3.63, 3.8) is 0 Å². The summed E-state index contributed by atoms with van der Waals surface area (Å²) in [5.74, 6) is 0.801. The van der Waals surface area contributed by atoms with E-state index in [0.29, 0.717) is 39.7 Å². The fourth-order valence-corrected chi connectivity index (χ4v) is 3.24. The lowest BCUT2D eigenvalue weighted by Gasteiger charge is -2.10. The third-order valence-electron chi connectivity index (χ3n) is 3.78. The summed E-state index contributed by atoms with van der Waals surface area (Å²) in [7, 11) is 3.05. The van der Waals surface area contributed by atoms with Crippen LogP contribution in [0.2, 0.25) is 0 Å². The molecule has 1 heterocycles. The number of hydrogen-bond donors (Lipinski definition) is 0. The van der Waals surface area contributed by atoms with Gasteiger partial charge in [-0.05, 0) is 30.3 Å². The minimum Gasteiger partial charge on any atom is -0.493 e. The van der Waals surface area contributed by atoms with E-state index in [1.807, 2.05) is 18.2 Å². The first-order chi connectivity index (χ1) is 12.6. The Labute approximate surface area is 154 Å². The second kappa shape index (κ2) is 8.05. The Bertz CT molecular complexity index is 1000. The summed E-state index contributed by atoms with van der Waals surface area (Å²) in [4.78, 5) is 28.4. The van der Waals surface area contributed by atoms with E-state index in [2.05, 4.69) is 4.98 Å². The second-order valence-electron chi connectivity index (χ2n) is 5.49. The van der Waals surface area contributed by atoms with E-state index in [9.17, 15) is 9.59 Å². The summed E-state index contributed by atoms with van der Waals surface area (Å²) < 4.78 is 11.9. The van der Waals surface area contributed by atoms with Gasteiger partial charge in [-0.25, -0.2) is 9.78 Å². The number of hydrogen-bond acceptors (Lipinski definition) is 6. The maximum atomic E-state index is 12.4. The van der Waals surface area contributed by atoms with Gasteiger partial charge in [-0.1, -0.05) is 30.0 Å². The highest BCUT2D eigenvalue weighted by atomic mass is 32.2. The van der Waals surface area contributed by atoms with E-state index < -0.39 is 5.97 Å². The molecular formula is C19H18N2O4S. The van der Waals surface area contributed by atoms with Gasteiger partial charge in [0.1, 0.15) is 5.75 Å². The van der Waals surface area contributed by atoms with Crippen LogP contribution < -0.4 is 10.3 Å². The minimum atomic E-state index is -0.403. The molecule has 0 atom stereocenters. The average Bonchev–Trinajstić information content (AvgIpc) is 2.68. The normalized spacial score (nSPS) is 10.7. The van der Waals surface area contributed by atoms with Crippen LogP contribution >= 0.6 is 11.8 Å². The SMILES string of the molecule is COC(=O)c1cccc(OCCSc2nc3ccccc3c(=O)n2C)c1. The van der Waals surface area contributed by atoms with Gasteiger partial charge in [0.15, 0.2) is 5.16 Å². The van der Waals surface area contributed by atoms with Gasteiger partial charge in [0.05, 0.1) is 30.2 Å². The molecule has 1 aromatic heterocycles. The maximum Gasteiger partial charge on any atom is 0.337 e. The van der Waals surface area contributed by atoms with Gasteiger partial charge in [-0.15, -0.1) is 0 Å². The zero-order valence-corrected chi connectivity index (χ0v) is 15.3. The molecule has 3 rings (SSSR count). The predicted octanol–water partition coefficient (Wildman–Crippen LogP) is 2.89. The molecule has 0 aliphatic carbocycles. The first kappa shape index (κ1) is 18.0. The monoisotopic (exact) mass is 370 g/mol. The van der Waals surface area contributed by atoms with E-state index in [1.165, 1.54) is 18.9 Å². The molecule has 0 aliphatic rings. The number of thioether (sulfide) groups is 1. The number of carbonyl (C=O) groups is 1. The van der Waals surface area contributed by atoms with E-state index in [4.69, 9.17) is 9.47 Å². The van der Waals surface area contributed by atoms with Crippen molar-refractivity contribution < 1.29 is 14.3 Å². The van der Waals surface area contributed by atoms with Crippen molar-refractivity contribution in [1.29, 1.82) is 0 Å². The summed E-state index contributed by atoms with van der Waals surface area (Å²) in [5, 5.41) is 1.25. The maximum absolute atomic E-state index is 12.4. The third-order valence-corrected chi connectivity index (χ3v) is 4.77. The van der Waals surface area contributed by atoms with Crippen molar-refractivity contribution in [2.45, 2.75) is 5.16 Å². The number of aromatic nitrogens is 2. The van der Waals surface area contributed by atoms with Crippen molar-refractivity contribution in [3.8, 4) is 5.75 Å². The number of esters is 1. The van der Waals surface area contributed by atoms with Gasteiger partial charge < -0.3 is 9.47 Å². The Hall–Kier alpha value is -2.80. The topological polar surface area (TPSA) is 70.4 Å².